The standard InChI is InChI=1S/C29H37N7O/c1-19-23-8-7-21(16-27(23)36(34-19)14-3-5-20-9-11-30-12-10-20)29(37)33-28-17-24-22(18-31-28)15-25(32-24)26-6-4-13-35(26)2/h7-8,15-18,20,26,30,32H,3-6,9-14H2,1-2H3,(H,31,33,37)/t26-/m1/s1. The number of aromatic nitrogens is 4. The van der Waals surface area contributed by atoms with E-state index in [2.05, 4.69) is 43.3 Å². The van der Waals surface area contributed by atoms with E-state index in [1.807, 2.05) is 37.4 Å². The molecule has 2 fully saturated rings. The molecule has 0 bridgehead atoms. The van der Waals surface area contributed by atoms with Gasteiger partial charge >= 0.3 is 0 Å². The molecule has 4 aromatic rings. The van der Waals surface area contributed by atoms with Crippen LogP contribution in [0.2, 0.25) is 0 Å². The molecule has 3 N–H and O–H groups in total. The molecule has 0 unspecified atom stereocenters. The van der Waals surface area contributed by atoms with Crippen molar-refractivity contribution in [3.05, 3.63) is 53.5 Å². The number of nitrogens with zero attached hydrogens (tertiary/aromatic N) is 4. The smallest absolute Gasteiger partial charge is 0.256 e. The third kappa shape index (κ3) is 5.00. The predicted octanol–water partition coefficient (Wildman–Crippen LogP) is 5.02. The third-order valence-electron chi connectivity index (χ3n) is 8.29. The molecule has 2 aliphatic heterocycles. The molecule has 1 aromatic carbocycles. The molecule has 1 atom stereocenters. The van der Waals surface area contributed by atoms with Crippen LogP contribution in [-0.4, -0.2) is 57.2 Å². The lowest BCUT2D eigenvalue weighted by Crippen LogP contribution is -2.27. The minimum Gasteiger partial charge on any atom is -0.357 e. The molecule has 2 saturated heterocycles. The van der Waals surface area contributed by atoms with Crippen molar-refractivity contribution >= 4 is 33.5 Å². The molecule has 8 heteroatoms. The van der Waals surface area contributed by atoms with Crippen molar-refractivity contribution in [2.24, 2.45) is 5.92 Å². The lowest BCUT2D eigenvalue weighted by atomic mass is 9.93. The SMILES string of the molecule is Cc1nn(CCCC2CCNCC2)c2cc(C(=O)Nc3cc4[nH]c([C@H]5CCCN5C)cc4cn3)ccc12. The Morgan fingerprint density at radius 3 is 2.84 bits per heavy atom. The van der Waals surface area contributed by atoms with Crippen LogP contribution in [0.1, 0.15) is 66.3 Å². The summed E-state index contributed by atoms with van der Waals surface area (Å²) in [4.78, 5) is 23.6. The minimum atomic E-state index is -0.156. The number of anilines is 1. The number of hydrogen-bond acceptors (Lipinski definition) is 5. The van der Waals surface area contributed by atoms with Crippen molar-refractivity contribution in [1.29, 1.82) is 0 Å². The first-order valence-corrected chi connectivity index (χ1v) is 13.7. The van der Waals surface area contributed by atoms with Gasteiger partial charge in [0.15, 0.2) is 0 Å². The summed E-state index contributed by atoms with van der Waals surface area (Å²) >= 11 is 0. The number of nitrogens with one attached hydrogen (secondary N) is 3. The van der Waals surface area contributed by atoms with E-state index in [1.165, 1.54) is 31.4 Å². The number of amides is 1. The molecule has 5 heterocycles. The van der Waals surface area contributed by atoms with Gasteiger partial charge in [-0.3, -0.25) is 14.4 Å². The second-order valence-electron chi connectivity index (χ2n) is 10.9. The molecule has 3 aromatic heterocycles. The lowest BCUT2D eigenvalue weighted by molar-refractivity contribution is 0.102. The van der Waals surface area contributed by atoms with Gasteiger partial charge in [-0.1, -0.05) is 6.07 Å². The van der Waals surface area contributed by atoms with Gasteiger partial charge in [0.05, 0.1) is 16.7 Å². The second kappa shape index (κ2) is 10.3. The fourth-order valence-corrected chi connectivity index (χ4v) is 6.14. The summed E-state index contributed by atoms with van der Waals surface area (Å²) in [5, 5.41) is 13.4. The van der Waals surface area contributed by atoms with E-state index in [0.717, 1.165) is 72.4 Å². The molecule has 0 radical (unpaired) electrons. The summed E-state index contributed by atoms with van der Waals surface area (Å²) in [5.74, 6) is 1.21. The number of H-pyrrole nitrogens is 1. The first-order chi connectivity index (χ1) is 18.0. The lowest BCUT2D eigenvalue weighted by Gasteiger charge is -2.22. The summed E-state index contributed by atoms with van der Waals surface area (Å²) < 4.78 is 2.08. The van der Waals surface area contributed by atoms with Crippen LogP contribution in [0.5, 0.6) is 0 Å². The van der Waals surface area contributed by atoms with Crippen LogP contribution in [0.25, 0.3) is 21.8 Å². The number of hydrogen-bond donors (Lipinski definition) is 3. The first kappa shape index (κ1) is 24.1. The van der Waals surface area contributed by atoms with Crippen molar-refractivity contribution in [3.63, 3.8) is 0 Å². The molecule has 8 nitrogen and oxygen atoms in total. The first-order valence-electron chi connectivity index (χ1n) is 13.7. The maximum absolute atomic E-state index is 13.2. The van der Waals surface area contributed by atoms with Gasteiger partial charge in [0.2, 0.25) is 0 Å². The third-order valence-corrected chi connectivity index (χ3v) is 8.29. The maximum Gasteiger partial charge on any atom is 0.256 e. The van der Waals surface area contributed by atoms with Crippen LogP contribution in [0.3, 0.4) is 0 Å². The zero-order chi connectivity index (χ0) is 25.4. The van der Waals surface area contributed by atoms with E-state index >= 15 is 0 Å². The highest BCUT2D eigenvalue weighted by Gasteiger charge is 2.24. The van der Waals surface area contributed by atoms with Crippen molar-refractivity contribution in [1.82, 2.24) is 30.0 Å². The number of carbonyl (C=O) groups excluding carboxylic acids is 1. The van der Waals surface area contributed by atoms with Gasteiger partial charge in [-0.15, -0.1) is 0 Å². The van der Waals surface area contributed by atoms with E-state index in [-0.39, 0.29) is 5.91 Å². The van der Waals surface area contributed by atoms with Crippen LogP contribution < -0.4 is 10.6 Å². The summed E-state index contributed by atoms with van der Waals surface area (Å²) in [6.07, 6.45) is 9.09. The van der Waals surface area contributed by atoms with Crippen LogP contribution >= 0.6 is 0 Å². The number of rotatable bonds is 7. The summed E-state index contributed by atoms with van der Waals surface area (Å²) in [5.41, 5.74) is 4.86. The van der Waals surface area contributed by atoms with Crippen LogP contribution in [0.4, 0.5) is 5.82 Å². The normalized spacial score (nSPS) is 19.2. The van der Waals surface area contributed by atoms with Crippen LogP contribution in [0.15, 0.2) is 36.5 Å². The van der Waals surface area contributed by atoms with Crippen molar-refractivity contribution < 1.29 is 4.79 Å². The van der Waals surface area contributed by atoms with Crippen molar-refractivity contribution in [2.45, 2.75) is 58.0 Å². The molecular weight excluding hydrogens is 462 g/mol. The average molecular weight is 500 g/mol. The largest absolute Gasteiger partial charge is 0.357 e. The Morgan fingerprint density at radius 2 is 2.03 bits per heavy atom. The van der Waals surface area contributed by atoms with Crippen molar-refractivity contribution in [2.75, 3.05) is 32.0 Å². The number of benzene rings is 1. The van der Waals surface area contributed by atoms with Gasteiger partial charge in [-0.25, -0.2) is 4.98 Å². The zero-order valence-electron chi connectivity index (χ0n) is 21.9. The average Bonchev–Trinajstić information content (AvgIpc) is 3.61. The number of carbonyl (C=O) groups is 1. The highest BCUT2D eigenvalue weighted by atomic mass is 16.1. The predicted molar refractivity (Wildman–Crippen MR) is 148 cm³/mol. The van der Waals surface area contributed by atoms with Gasteiger partial charge in [-0.2, -0.15) is 5.10 Å². The number of aromatic amines is 1. The number of aryl methyl sites for hydroxylation is 2. The molecule has 0 spiro atoms. The van der Waals surface area contributed by atoms with Gasteiger partial charge in [-0.05, 0) is 96.2 Å². The van der Waals surface area contributed by atoms with Crippen LogP contribution in [-0.2, 0) is 6.54 Å². The van der Waals surface area contributed by atoms with Crippen molar-refractivity contribution in [3.8, 4) is 0 Å². The molecule has 6 rings (SSSR count). The second-order valence-corrected chi connectivity index (χ2v) is 10.9. The molecule has 0 aliphatic carbocycles. The van der Waals surface area contributed by atoms with Gasteiger partial charge in [0.25, 0.3) is 5.91 Å². The summed E-state index contributed by atoms with van der Waals surface area (Å²) in [6, 6.07) is 10.4. The van der Waals surface area contributed by atoms with E-state index in [4.69, 9.17) is 5.10 Å². The Morgan fingerprint density at radius 1 is 1.16 bits per heavy atom. The fraction of sp³-hybridized carbons (Fsp3) is 0.483. The highest BCUT2D eigenvalue weighted by molar-refractivity contribution is 6.06. The molecular formula is C29H37N7O. The molecule has 194 valence electrons. The Bertz CT molecular complexity index is 1410. The minimum absolute atomic E-state index is 0.156. The Kier molecular flexibility index (Phi) is 6.69. The quantitative estimate of drug-likeness (QED) is 0.332. The number of fused-ring (bicyclic) bond motifs is 2. The Labute approximate surface area is 217 Å². The highest BCUT2D eigenvalue weighted by Crippen LogP contribution is 2.32. The van der Waals surface area contributed by atoms with Gasteiger partial charge < -0.3 is 15.6 Å². The van der Waals surface area contributed by atoms with E-state index in [9.17, 15) is 4.79 Å². The fourth-order valence-electron chi connectivity index (χ4n) is 6.14. The monoisotopic (exact) mass is 499 g/mol. The molecule has 0 saturated carbocycles. The van der Waals surface area contributed by atoms with E-state index in [0.29, 0.717) is 17.4 Å². The van der Waals surface area contributed by atoms with E-state index < -0.39 is 0 Å². The zero-order valence-corrected chi connectivity index (χ0v) is 21.9. The number of likely N-dealkylation sites (tertiary alicyclic amines) is 1. The molecule has 37 heavy (non-hydrogen) atoms. The van der Waals surface area contributed by atoms with Crippen LogP contribution in [0, 0.1) is 12.8 Å². The Balaban J connectivity index is 1.16. The van der Waals surface area contributed by atoms with E-state index in [1.54, 1.807) is 0 Å². The molecule has 1 amide bonds. The Hall–Kier alpha value is -3.23. The summed E-state index contributed by atoms with van der Waals surface area (Å²) in [7, 11) is 2.17. The molecule has 2 aliphatic rings. The number of piperidine rings is 1. The van der Waals surface area contributed by atoms with Gasteiger partial charge in [0.1, 0.15) is 5.82 Å². The summed E-state index contributed by atoms with van der Waals surface area (Å²) in [6.45, 7) is 6.32. The van der Waals surface area contributed by atoms with Gasteiger partial charge in [0, 0.05) is 46.9 Å². The topological polar surface area (TPSA) is 90.9 Å². The number of pyridine rings is 1. The maximum atomic E-state index is 13.2.